The summed E-state index contributed by atoms with van der Waals surface area (Å²) in [7, 11) is -1.09. The molecule has 0 radical (unpaired) electrons. The van der Waals surface area contributed by atoms with Crippen LogP contribution >= 0.6 is 0 Å². The highest BCUT2D eigenvalue weighted by molar-refractivity contribution is 7.91. The van der Waals surface area contributed by atoms with E-state index in [9.17, 15) is 13.2 Å². The molecule has 1 aliphatic heterocycles. The Labute approximate surface area is 139 Å². The second-order valence-corrected chi connectivity index (χ2v) is 8.69. The van der Waals surface area contributed by atoms with Gasteiger partial charge in [-0.1, -0.05) is 30.3 Å². The van der Waals surface area contributed by atoms with E-state index in [1.807, 2.05) is 37.1 Å². The van der Waals surface area contributed by atoms with Crippen molar-refractivity contribution in [3.63, 3.8) is 0 Å². The Morgan fingerprint density at radius 1 is 1.35 bits per heavy atom. The molecule has 1 heterocycles. The van der Waals surface area contributed by atoms with Gasteiger partial charge in [0.1, 0.15) is 0 Å². The van der Waals surface area contributed by atoms with Gasteiger partial charge in [-0.15, -0.1) is 0 Å². The quantitative estimate of drug-likeness (QED) is 0.812. The van der Waals surface area contributed by atoms with Crippen molar-refractivity contribution in [2.45, 2.75) is 38.3 Å². The van der Waals surface area contributed by atoms with Gasteiger partial charge in [0.15, 0.2) is 9.84 Å². The van der Waals surface area contributed by atoms with Crippen LogP contribution in [-0.2, 0) is 21.1 Å². The van der Waals surface area contributed by atoms with Gasteiger partial charge in [-0.2, -0.15) is 0 Å². The number of hydrogen-bond donors (Lipinski definition) is 1. The van der Waals surface area contributed by atoms with Crippen LogP contribution in [0.2, 0.25) is 0 Å². The van der Waals surface area contributed by atoms with E-state index in [1.54, 1.807) is 0 Å². The van der Waals surface area contributed by atoms with Gasteiger partial charge in [-0.25, -0.2) is 8.42 Å². The molecule has 1 fully saturated rings. The van der Waals surface area contributed by atoms with Crippen LogP contribution in [0, 0.1) is 0 Å². The van der Waals surface area contributed by atoms with E-state index < -0.39 is 9.84 Å². The Kier molecular flexibility index (Phi) is 6.18. The molecule has 1 aliphatic rings. The second-order valence-electron chi connectivity index (χ2n) is 6.46. The fourth-order valence-corrected chi connectivity index (χ4v) is 4.70. The molecule has 0 aliphatic carbocycles. The van der Waals surface area contributed by atoms with Gasteiger partial charge in [0.25, 0.3) is 0 Å². The molecule has 1 N–H and O–H groups in total. The average Bonchev–Trinajstić information content (AvgIpc) is 2.86. The van der Waals surface area contributed by atoms with E-state index in [4.69, 9.17) is 0 Å². The molecular formula is C17H26N2O3S. The molecule has 5 nitrogen and oxygen atoms in total. The maximum Gasteiger partial charge on any atom is 0.234 e. The zero-order valence-electron chi connectivity index (χ0n) is 13.9. The van der Waals surface area contributed by atoms with Crippen molar-refractivity contribution in [3.05, 3.63) is 35.9 Å². The molecule has 0 spiro atoms. The first-order chi connectivity index (χ1) is 10.9. The van der Waals surface area contributed by atoms with Gasteiger partial charge in [-0.05, 0) is 38.8 Å². The third kappa shape index (κ3) is 5.95. The number of likely N-dealkylation sites (N-methyl/N-ethyl adjacent to an activating group) is 1. The number of nitrogens with zero attached hydrogens (tertiary/aromatic N) is 1. The lowest BCUT2D eigenvalue weighted by Gasteiger charge is -2.23. The molecule has 1 amide bonds. The van der Waals surface area contributed by atoms with E-state index in [-0.39, 0.29) is 36.0 Å². The summed E-state index contributed by atoms with van der Waals surface area (Å²) < 4.78 is 23.0. The largest absolute Gasteiger partial charge is 0.353 e. The number of benzene rings is 1. The average molecular weight is 338 g/mol. The maximum atomic E-state index is 12.1. The molecule has 0 aromatic heterocycles. The molecule has 1 aromatic rings. The van der Waals surface area contributed by atoms with Crippen molar-refractivity contribution in [2.75, 3.05) is 25.1 Å². The normalized spacial score (nSPS) is 21.3. The number of nitrogens with one attached hydrogen (secondary N) is 1. The Balaban J connectivity index is 1.71. The minimum absolute atomic E-state index is 0.0367. The van der Waals surface area contributed by atoms with Crippen LogP contribution in [0.5, 0.6) is 0 Å². The van der Waals surface area contributed by atoms with Crippen LogP contribution in [0.1, 0.15) is 25.3 Å². The van der Waals surface area contributed by atoms with Crippen molar-refractivity contribution < 1.29 is 13.2 Å². The minimum atomic E-state index is -2.91. The van der Waals surface area contributed by atoms with Crippen molar-refractivity contribution in [3.8, 4) is 0 Å². The summed E-state index contributed by atoms with van der Waals surface area (Å²) in [6.45, 7) is 2.25. The second kappa shape index (κ2) is 7.93. The van der Waals surface area contributed by atoms with E-state index in [0.717, 1.165) is 12.8 Å². The van der Waals surface area contributed by atoms with Crippen molar-refractivity contribution >= 4 is 15.7 Å². The molecule has 2 rings (SSSR count). The lowest BCUT2D eigenvalue weighted by molar-refractivity contribution is -0.123. The number of carbonyl (C=O) groups is 1. The summed E-state index contributed by atoms with van der Waals surface area (Å²) in [6, 6.07) is 10.3. The highest BCUT2D eigenvalue weighted by atomic mass is 32.2. The summed E-state index contributed by atoms with van der Waals surface area (Å²) in [4.78, 5) is 13.9. The molecule has 6 heteroatoms. The summed E-state index contributed by atoms with van der Waals surface area (Å²) >= 11 is 0. The zero-order chi connectivity index (χ0) is 16.9. The third-order valence-electron chi connectivity index (χ3n) is 4.34. The van der Waals surface area contributed by atoms with Crippen LogP contribution < -0.4 is 5.32 Å². The molecule has 1 aromatic carbocycles. The molecule has 0 saturated carbocycles. The van der Waals surface area contributed by atoms with E-state index >= 15 is 0 Å². The van der Waals surface area contributed by atoms with Crippen molar-refractivity contribution in [1.82, 2.24) is 10.2 Å². The lowest BCUT2D eigenvalue weighted by atomic mass is 10.1. The number of rotatable bonds is 7. The molecule has 23 heavy (non-hydrogen) atoms. The number of carbonyl (C=O) groups excluding carboxylic acids is 1. The SMILES string of the molecule is CC(CCc1ccccc1)NC(=O)CN(C)C1CCS(=O)(=O)C1. The highest BCUT2D eigenvalue weighted by Gasteiger charge is 2.31. The standard InChI is InChI=1S/C17H26N2O3S/c1-14(8-9-15-6-4-3-5-7-15)18-17(20)12-19(2)16-10-11-23(21,22)13-16/h3-7,14,16H,8-13H2,1-2H3,(H,18,20). The first-order valence-electron chi connectivity index (χ1n) is 8.10. The molecule has 1 saturated heterocycles. The number of hydrogen-bond acceptors (Lipinski definition) is 4. The van der Waals surface area contributed by atoms with Gasteiger partial charge in [0, 0.05) is 12.1 Å². The summed E-state index contributed by atoms with van der Waals surface area (Å²) in [6.07, 6.45) is 2.44. The third-order valence-corrected chi connectivity index (χ3v) is 6.09. The number of aryl methyl sites for hydroxylation is 1. The number of sulfone groups is 1. The smallest absolute Gasteiger partial charge is 0.234 e. The van der Waals surface area contributed by atoms with E-state index in [0.29, 0.717) is 6.42 Å². The maximum absolute atomic E-state index is 12.1. The molecule has 0 bridgehead atoms. The van der Waals surface area contributed by atoms with Crippen LogP contribution in [0.25, 0.3) is 0 Å². The Hall–Kier alpha value is -1.40. The van der Waals surface area contributed by atoms with Crippen LogP contribution in [0.4, 0.5) is 0 Å². The van der Waals surface area contributed by atoms with Gasteiger partial charge in [-0.3, -0.25) is 9.69 Å². The van der Waals surface area contributed by atoms with E-state index in [1.165, 1.54) is 5.56 Å². The first kappa shape index (κ1) is 17.9. The fraction of sp³-hybridized carbons (Fsp3) is 0.588. The van der Waals surface area contributed by atoms with Crippen molar-refractivity contribution in [1.29, 1.82) is 0 Å². The molecule has 2 unspecified atom stereocenters. The van der Waals surface area contributed by atoms with Gasteiger partial charge in [0.05, 0.1) is 18.1 Å². The summed E-state index contributed by atoms with van der Waals surface area (Å²) in [5, 5.41) is 3.00. The topological polar surface area (TPSA) is 66.5 Å². The van der Waals surface area contributed by atoms with Gasteiger partial charge >= 0.3 is 0 Å². The highest BCUT2D eigenvalue weighted by Crippen LogP contribution is 2.16. The minimum Gasteiger partial charge on any atom is -0.353 e. The number of amides is 1. The Morgan fingerprint density at radius 3 is 2.65 bits per heavy atom. The lowest BCUT2D eigenvalue weighted by Crippen LogP contribution is -2.43. The predicted molar refractivity (Wildman–Crippen MR) is 92.1 cm³/mol. The first-order valence-corrected chi connectivity index (χ1v) is 9.92. The van der Waals surface area contributed by atoms with Crippen molar-refractivity contribution in [2.24, 2.45) is 0 Å². The molecular weight excluding hydrogens is 312 g/mol. The van der Waals surface area contributed by atoms with Crippen LogP contribution in [-0.4, -0.2) is 56.4 Å². The Morgan fingerprint density at radius 2 is 2.04 bits per heavy atom. The monoisotopic (exact) mass is 338 g/mol. The van der Waals surface area contributed by atoms with Crippen LogP contribution in [0.3, 0.4) is 0 Å². The summed E-state index contributed by atoms with van der Waals surface area (Å²) in [5.41, 5.74) is 1.27. The van der Waals surface area contributed by atoms with Crippen LogP contribution in [0.15, 0.2) is 30.3 Å². The Bertz CT molecular complexity index is 616. The molecule has 2 atom stereocenters. The predicted octanol–water partition coefficient (Wildman–Crippen LogP) is 1.24. The molecule has 128 valence electrons. The van der Waals surface area contributed by atoms with E-state index in [2.05, 4.69) is 17.4 Å². The summed E-state index contributed by atoms with van der Waals surface area (Å²) in [5.74, 6) is 0.356. The van der Waals surface area contributed by atoms with Gasteiger partial charge in [0.2, 0.25) is 5.91 Å². The fourth-order valence-electron chi connectivity index (χ4n) is 2.90. The zero-order valence-corrected chi connectivity index (χ0v) is 14.7. The van der Waals surface area contributed by atoms with Gasteiger partial charge < -0.3 is 5.32 Å².